The van der Waals surface area contributed by atoms with Crippen molar-refractivity contribution in [3.63, 3.8) is 0 Å². The average Bonchev–Trinajstić information content (AvgIpc) is 3.52. The Bertz CT molecular complexity index is 1350. The molecular weight excluding hydrogens is 421 g/mol. The van der Waals surface area contributed by atoms with Crippen LogP contribution in [0, 0.1) is 19.7 Å². The predicted molar refractivity (Wildman–Crippen MR) is 125 cm³/mol. The fourth-order valence-corrected chi connectivity index (χ4v) is 4.13. The van der Waals surface area contributed by atoms with Crippen LogP contribution in [-0.2, 0) is 9.53 Å². The monoisotopic (exact) mass is 445 g/mol. The van der Waals surface area contributed by atoms with Crippen molar-refractivity contribution in [2.75, 3.05) is 11.9 Å². The first-order valence-corrected chi connectivity index (χ1v) is 10.9. The van der Waals surface area contributed by atoms with Crippen molar-refractivity contribution in [2.24, 2.45) is 0 Å². The largest absolute Gasteiger partial charge is 0.370 e. The summed E-state index contributed by atoms with van der Waals surface area (Å²) in [6, 6.07) is 11.7. The summed E-state index contributed by atoms with van der Waals surface area (Å²) in [6.45, 7) is 4.55. The van der Waals surface area contributed by atoms with E-state index in [1.807, 2.05) is 32.0 Å². The van der Waals surface area contributed by atoms with Gasteiger partial charge in [0.2, 0.25) is 5.91 Å². The van der Waals surface area contributed by atoms with E-state index in [1.165, 1.54) is 18.2 Å². The van der Waals surface area contributed by atoms with Gasteiger partial charge in [-0.25, -0.2) is 14.1 Å². The zero-order valence-electron chi connectivity index (χ0n) is 18.4. The number of halogens is 1. The van der Waals surface area contributed by atoms with Crippen molar-refractivity contribution in [1.29, 1.82) is 0 Å². The van der Waals surface area contributed by atoms with E-state index in [9.17, 15) is 9.18 Å². The highest BCUT2D eigenvalue weighted by molar-refractivity contribution is 6.02. The molecule has 1 fully saturated rings. The Morgan fingerprint density at radius 3 is 2.82 bits per heavy atom. The summed E-state index contributed by atoms with van der Waals surface area (Å²) in [5, 5.41) is 7.42. The molecule has 5 rings (SSSR count). The number of anilines is 1. The van der Waals surface area contributed by atoms with E-state index < -0.39 is 0 Å². The first kappa shape index (κ1) is 21.1. The summed E-state index contributed by atoms with van der Waals surface area (Å²) in [5.74, 6) is 0.282. The van der Waals surface area contributed by atoms with Gasteiger partial charge in [0.05, 0.1) is 22.4 Å². The van der Waals surface area contributed by atoms with E-state index in [-0.39, 0.29) is 17.8 Å². The first-order chi connectivity index (χ1) is 16.0. The topological polar surface area (TPSA) is 84.8 Å². The molecule has 0 radical (unpaired) electrons. The average molecular weight is 445 g/mol. The SMILES string of the molecule is Cc1nn(-c2ccc(F)cc2)c(C)c1/C=C/C(=O)Nc1ccc2nc(C3CCCO3)[nH]c2c1. The fraction of sp³-hybridized carbons (Fsp3) is 0.240. The van der Waals surface area contributed by atoms with Crippen LogP contribution in [0.5, 0.6) is 0 Å². The summed E-state index contributed by atoms with van der Waals surface area (Å²) in [4.78, 5) is 20.5. The lowest BCUT2D eigenvalue weighted by atomic mass is 10.2. The third-order valence-electron chi connectivity index (χ3n) is 5.82. The summed E-state index contributed by atoms with van der Waals surface area (Å²) in [5.41, 5.74) is 5.62. The van der Waals surface area contributed by atoms with Gasteiger partial charge in [-0.05, 0) is 75.2 Å². The van der Waals surface area contributed by atoms with Crippen molar-refractivity contribution < 1.29 is 13.9 Å². The van der Waals surface area contributed by atoms with Gasteiger partial charge in [0.1, 0.15) is 17.7 Å². The maximum atomic E-state index is 13.2. The Balaban J connectivity index is 1.31. The zero-order valence-corrected chi connectivity index (χ0v) is 18.4. The number of aromatic amines is 1. The summed E-state index contributed by atoms with van der Waals surface area (Å²) < 4.78 is 20.7. The van der Waals surface area contributed by atoms with Crippen molar-refractivity contribution >= 4 is 28.7 Å². The Hall–Kier alpha value is -3.78. The van der Waals surface area contributed by atoms with Crippen LogP contribution in [0.2, 0.25) is 0 Å². The second-order valence-corrected chi connectivity index (χ2v) is 8.15. The lowest BCUT2D eigenvalue weighted by Gasteiger charge is -2.04. The number of fused-ring (bicyclic) bond motifs is 1. The number of aromatic nitrogens is 4. The minimum absolute atomic E-state index is 0.0145. The Labute approximate surface area is 190 Å². The highest BCUT2D eigenvalue weighted by Gasteiger charge is 2.21. The molecule has 8 heteroatoms. The van der Waals surface area contributed by atoms with Crippen LogP contribution in [0.15, 0.2) is 48.5 Å². The molecule has 2 N–H and O–H groups in total. The van der Waals surface area contributed by atoms with Gasteiger partial charge < -0.3 is 15.0 Å². The molecule has 2 aromatic carbocycles. The molecule has 1 unspecified atom stereocenters. The number of carbonyl (C=O) groups excluding carboxylic acids is 1. The molecular formula is C25H24FN5O2. The van der Waals surface area contributed by atoms with Gasteiger partial charge in [-0.1, -0.05) is 0 Å². The van der Waals surface area contributed by atoms with Crippen LogP contribution in [0.3, 0.4) is 0 Å². The third kappa shape index (κ3) is 4.29. The van der Waals surface area contributed by atoms with E-state index in [4.69, 9.17) is 4.74 Å². The molecule has 3 heterocycles. The van der Waals surface area contributed by atoms with Gasteiger partial charge >= 0.3 is 0 Å². The molecule has 0 saturated carbocycles. The van der Waals surface area contributed by atoms with Crippen molar-refractivity contribution in [3.05, 3.63) is 77.1 Å². The smallest absolute Gasteiger partial charge is 0.248 e. The van der Waals surface area contributed by atoms with Gasteiger partial charge in [0.15, 0.2) is 0 Å². The molecule has 1 amide bonds. The molecule has 1 aliphatic rings. The lowest BCUT2D eigenvalue weighted by Crippen LogP contribution is -2.07. The highest BCUT2D eigenvalue weighted by Crippen LogP contribution is 2.28. The van der Waals surface area contributed by atoms with Crippen molar-refractivity contribution in [2.45, 2.75) is 32.8 Å². The van der Waals surface area contributed by atoms with E-state index in [2.05, 4.69) is 20.4 Å². The predicted octanol–water partition coefficient (Wildman–Crippen LogP) is 5.01. The maximum absolute atomic E-state index is 13.2. The van der Waals surface area contributed by atoms with Crippen LogP contribution in [0.4, 0.5) is 10.1 Å². The van der Waals surface area contributed by atoms with Crippen LogP contribution in [0.25, 0.3) is 22.8 Å². The van der Waals surface area contributed by atoms with Gasteiger partial charge in [0, 0.05) is 29.6 Å². The van der Waals surface area contributed by atoms with E-state index in [0.717, 1.165) is 58.9 Å². The Morgan fingerprint density at radius 2 is 2.06 bits per heavy atom. The van der Waals surface area contributed by atoms with Crippen LogP contribution >= 0.6 is 0 Å². The summed E-state index contributed by atoms with van der Waals surface area (Å²) >= 11 is 0. The standard InChI is InChI=1S/C25H24FN5O2/c1-15-20(16(2)31(30-15)19-8-5-17(26)6-9-19)10-12-24(32)27-18-7-11-21-22(14-18)29-25(28-21)23-4-3-13-33-23/h5-12,14,23H,3-4,13H2,1-2H3,(H,27,32)(H,28,29)/b12-10+. The summed E-state index contributed by atoms with van der Waals surface area (Å²) in [7, 11) is 0. The quantitative estimate of drug-likeness (QED) is 0.423. The van der Waals surface area contributed by atoms with E-state index in [1.54, 1.807) is 22.9 Å². The van der Waals surface area contributed by atoms with Crippen LogP contribution in [-0.4, -0.2) is 32.3 Å². The fourth-order valence-electron chi connectivity index (χ4n) is 4.13. The Morgan fingerprint density at radius 1 is 1.24 bits per heavy atom. The third-order valence-corrected chi connectivity index (χ3v) is 5.82. The number of nitrogens with zero attached hydrogens (tertiary/aromatic N) is 3. The minimum atomic E-state index is -0.298. The molecule has 7 nitrogen and oxygen atoms in total. The van der Waals surface area contributed by atoms with E-state index >= 15 is 0 Å². The normalized spacial score (nSPS) is 16.2. The number of hydrogen-bond donors (Lipinski definition) is 2. The maximum Gasteiger partial charge on any atom is 0.248 e. The van der Waals surface area contributed by atoms with Gasteiger partial charge in [-0.15, -0.1) is 0 Å². The number of imidazole rings is 1. The van der Waals surface area contributed by atoms with Crippen molar-refractivity contribution in [3.8, 4) is 5.69 Å². The Kier molecular flexibility index (Phi) is 5.51. The molecule has 1 atom stereocenters. The second-order valence-electron chi connectivity index (χ2n) is 8.15. The molecule has 1 aliphatic heterocycles. The number of nitrogens with one attached hydrogen (secondary N) is 2. The van der Waals surface area contributed by atoms with E-state index in [0.29, 0.717) is 5.69 Å². The first-order valence-electron chi connectivity index (χ1n) is 10.9. The molecule has 4 aromatic rings. The second kappa shape index (κ2) is 8.63. The lowest BCUT2D eigenvalue weighted by molar-refractivity contribution is -0.111. The molecule has 2 aromatic heterocycles. The van der Waals surface area contributed by atoms with Gasteiger partial charge in [-0.2, -0.15) is 5.10 Å². The van der Waals surface area contributed by atoms with Gasteiger partial charge in [0.25, 0.3) is 0 Å². The summed E-state index contributed by atoms with van der Waals surface area (Å²) in [6.07, 6.45) is 5.25. The van der Waals surface area contributed by atoms with Gasteiger partial charge in [-0.3, -0.25) is 4.79 Å². The number of aryl methyl sites for hydroxylation is 1. The molecule has 0 bridgehead atoms. The van der Waals surface area contributed by atoms with Crippen molar-refractivity contribution in [1.82, 2.24) is 19.7 Å². The number of carbonyl (C=O) groups is 1. The number of amides is 1. The minimum Gasteiger partial charge on any atom is -0.370 e. The zero-order chi connectivity index (χ0) is 22.9. The van der Waals surface area contributed by atoms with Crippen LogP contribution < -0.4 is 5.32 Å². The molecule has 0 spiro atoms. The number of hydrogen-bond acceptors (Lipinski definition) is 4. The number of rotatable bonds is 5. The van der Waals surface area contributed by atoms with Crippen LogP contribution in [0.1, 0.15) is 41.7 Å². The number of ether oxygens (including phenoxy) is 1. The molecule has 1 saturated heterocycles. The molecule has 168 valence electrons. The molecule has 33 heavy (non-hydrogen) atoms. The number of H-pyrrole nitrogens is 1. The highest BCUT2D eigenvalue weighted by atomic mass is 19.1. The molecule has 0 aliphatic carbocycles. The number of benzene rings is 2.